The molecule has 1 N–H and O–H groups in total. The summed E-state index contributed by atoms with van der Waals surface area (Å²) < 4.78 is 5.53. The summed E-state index contributed by atoms with van der Waals surface area (Å²) in [5.74, 6) is 1.35. The van der Waals surface area contributed by atoms with Crippen molar-refractivity contribution in [2.24, 2.45) is 0 Å². The van der Waals surface area contributed by atoms with E-state index in [4.69, 9.17) is 4.42 Å². The number of benzene rings is 2. The van der Waals surface area contributed by atoms with Crippen molar-refractivity contribution in [3.05, 3.63) is 94.4 Å². The fraction of sp³-hybridized carbons (Fsp3) is 0.333. The third-order valence-corrected chi connectivity index (χ3v) is 6.16. The number of piperidine rings is 1. The Morgan fingerprint density at radius 3 is 2.33 bits per heavy atom. The van der Waals surface area contributed by atoms with Crippen molar-refractivity contribution in [2.75, 3.05) is 13.1 Å². The fourth-order valence-corrected chi connectivity index (χ4v) is 4.55. The van der Waals surface area contributed by atoms with Crippen LogP contribution in [0.2, 0.25) is 0 Å². The minimum Gasteiger partial charge on any atom is -0.508 e. The predicted molar refractivity (Wildman–Crippen MR) is 123 cm³/mol. The first-order valence-corrected chi connectivity index (χ1v) is 11.1. The van der Waals surface area contributed by atoms with Gasteiger partial charge in [0.15, 0.2) is 0 Å². The Morgan fingerprint density at radius 1 is 0.900 bits per heavy atom. The number of furan rings is 1. The van der Waals surface area contributed by atoms with E-state index < -0.39 is 0 Å². The lowest BCUT2D eigenvalue weighted by atomic mass is 9.86. The zero-order valence-electron chi connectivity index (χ0n) is 18.0. The number of rotatable bonds is 6. The van der Waals surface area contributed by atoms with Crippen molar-refractivity contribution < 1.29 is 9.52 Å². The topological polar surface area (TPSA) is 36.6 Å². The molecule has 1 aromatic heterocycles. The molecule has 1 fully saturated rings. The van der Waals surface area contributed by atoms with Crippen LogP contribution >= 0.6 is 0 Å². The monoisotopic (exact) mass is 401 g/mol. The molecule has 2 aromatic carbocycles. The molecule has 4 rings (SSSR count). The second-order valence-corrected chi connectivity index (χ2v) is 8.07. The number of aryl methyl sites for hydroxylation is 2. The maximum Gasteiger partial charge on any atom is 0.117 e. The smallest absolute Gasteiger partial charge is 0.117 e. The van der Waals surface area contributed by atoms with E-state index in [-0.39, 0.29) is 0 Å². The molecule has 1 saturated heterocycles. The van der Waals surface area contributed by atoms with E-state index in [1.165, 1.54) is 27.8 Å². The van der Waals surface area contributed by atoms with Crippen LogP contribution in [-0.2, 0) is 19.4 Å². The quantitative estimate of drug-likeness (QED) is 0.534. The van der Waals surface area contributed by atoms with Gasteiger partial charge >= 0.3 is 0 Å². The van der Waals surface area contributed by atoms with Crippen LogP contribution in [0, 0.1) is 0 Å². The molecule has 0 atom stereocenters. The lowest BCUT2D eigenvalue weighted by molar-refractivity contribution is 0.229. The zero-order chi connectivity index (χ0) is 20.9. The molecular formula is C27H31NO2. The highest BCUT2D eigenvalue weighted by atomic mass is 16.3. The van der Waals surface area contributed by atoms with Gasteiger partial charge in [-0.15, -0.1) is 0 Å². The number of likely N-dealkylation sites (tertiary alicyclic amines) is 1. The molecule has 0 radical (unpaired) electrons. The van der Waals surface area contributed by atoms with Crippen molar-refractivity contribution in [1.29, 1.82) is 0 Å². The summed E-state index contributed by atoms with van der Waals surface area (Å²) in [4.78, 5) is 2.46. The minimum atomic E-state index is 0.321. The largest absolute Gasteiger partial charge is 0.508 e. The summed E-state index contributed by atoms with van der Waals surface area (Å²) in [6.45, 7) is 7.36. The molecule has 1 aliphatic rings. The summed E-state index contributed by atoms with van der Waals surface area (Å²) in [6, 6.07) is 18.6. The van der Waals surface area contributed by atoms with E-state index in [1.54, 1.807) is 12.3 Å². The first-order valence-electron chi connectivity index (χ1n) is 11.1. The van der Waals surface area contributed by atoms with Crippen molar-refractivity contribution >= 4 is 5.57 Å². The van der Waals surface area contributed by atoms with Crippen LogP contribution in [0.15, 0.2) is 70.9 Å². The molecule has 3 aromatic rings. The molecule has 0 bridgehead atoms. The number of hydrogen-bond donors (Lipinski definition) is 1. The highest BCUT2D eigenvalue weighted by molar-refractivity contribution is 5.83. The SMILES string of the molecule is CCc1ccc(C(=C2CCN(Cc3ccco3)CC2)c2cccc(O)c2)cc1CC. The Kier molecular flexibility index (Phi) is 6.39. The van der Waals surface area contributed by atoms with Crippen molar-refractivity contribution in [3.8, 4) is 5.75 Å². The average molecular weight is 402 g/mol. The summed E-state index contributed by atoms with van der Waals surface area (Å²) in [5.41, 5.74) is 7.99. The number of hydrogen-bond acceptors (Lipinski definition) is 3. The van der Waals surface area contributed by atoms with Gasteiger partial charge in [-0.2, -0.15) is 0 Å². The van der Waals surface area contributed by atoms with Crippen LogP contribution in [0.1, 0.15) is 54.7 Å². The van der Waals surface area contributed by atoms with E-state index in [1.807, 2.05) is 24.3 Å². The second kappa shape index (κ2) is 9.36. The Labute approximate surface area is 179 Å². The second-order valence-electron chi connectivity index (χ2n) is 8.07. The summed E-state index contributed by atoms with van der Waals surface area (Å²) in [5, 5.41) is 10.1. The molecule has 3 heteroatoms. The van der Waals surface area contributed by atoms with E-state index in [0.29, 0.717) is 5.75 Å². The minimum absolute atomic E-state index is 0.321. The normalized spacial score (nSPS) is 14.8. The standard InChI is InChI=1S/C27H31NO2/c1-3-20-10-11-24(17-21(20)4-2)27(23-7-5-8-25(29)18-23)22-12-14-28(15-13-22)19-26-9-6-16-30-26/h5-11,16-18,29H,3-4,12-15,19H2,1-2H3. The highest BCUT2D eigenvalue weighted by Crippen LogP contribution is 2.35. The van der Waals surface area contributed by atoms with Crippen molar-refractivity contribution in [3.63, 3.8) is 0 Å². The fourth-order valence-electron chi connectivity index (χ4n) is 4.55. The lowest BCUT2D eigenvalue weighted by Crippen LogP contribution is -2.30. The Morgan fingerprint density at radius 2 is 1.67 bits per heavy atom. The van der Waals surface area contributed by atoms with Gasteiger partial charge in [0.1, 0.15) is 11.5 Å². The van der Waals surface area contributed by atoms with Gasteiger partial charge in [0.2, 0.25) is 0 Å². The van der Waals surface area contributed by atoms with Crippen LogP contribution in [0.3, 0.4) is 0 Å². The van der Waals surface area contributed by atoms with Crippen molar-refractivity contribution in [1.82, 2.24) is 4.90 Å². The van der Waals surface area contributed by atoms with E-state index >= 15 is 0 Å². The molecule has 3 nitrogen and oxygen atoms in total. The summed E-state index contributed by atoms with van der Waals surface area (Å²) in [6.07, 6.45) is 5.90. The molecule has 0 spiro atoms. The molecule has 156 valence electrons. The molecule has 0 saturated carbocycles. The summed E-state index contributed by atoms with van der Waals surface area (Å²) >= 11 is 0. The first-order chi connectivity index (χ1) is 14.7. The molecule has 0 amide bonds. The average Bonchev–Trinajstić information content (AvgIpc) is 3.28. The summed E-state index contributed by atoms with van der Waals surface area (Å²) in [7, 11) is 0. The Bertz CT molecular complexity index is 1010. The van der Waals surface area contributed by atoms with Gasteiger partial charge in [0.25, 0.3) is 0 Å². The zero-order valence-corrected chi connectivity index (χ0v) is 18.0. The van der Waals surface area contributed by atoms with Gasteiger partial charge in [-0.3, -0.25) is 4.90 Å². The molecule has 0 aliphatic carbocycles. The number of nitrogens with zero attached hydrogens (tertiary/aromatic N) is 1. The molecule has 0 unspecified atom stereocenters. The number of aromatic hydroxyl groups is 1. The molecule has 1 aliphatic heterocycles. The van der Waals surface area contributed by atoms with Gasteiger partial charge in [-0.1, -0.05) is 49.8 Å². The van der Waals surface area contributed by atoms with Gasteiger partial charge in [0.05, 0.1) is 12.8 Å². The number of phenolic OH excluding ortho intramolecular Hbond substituents is 1. The van der Waals surface area contributed by atoms with Crippen LogP contribution < -0.4 is 0 Å². The van der Waals surface area contributed by atoms with Gasteiger partial charge in [-0.05, 0) is 77.8 Å². The van der Waals surface area contributed by atoms with E-state index in [9.17, 15) is 5.11 Å². The molecule has 30 heavy (non-hydrogen) atoms. The van der Waals surface area contributed by atoms with Crippen LogP contribution in [-0.4, -0.2) is 23.1 Å². The van der Waals surface area contributed by atoms with Gasteiger partial charge in [-0.25, -0.2) is 0 Å². The maximum absolute atomic E-state index is 10.1. The van der Waals surface area contributed by atoms with Crippen LogP contribution in [0.25, 0.3) is 5.57 Å². The highest BCUT2D eigenvalue weighted by Gasteiger charge is 2.20. The Balaban J connectivity index is 1.68. The third-order valence-electron chi connectivity index (χ3n) is 6.16. The Hall–Kier alpha value is -2.78. The van der Waals surface area contributed by atoms with E-state index in [0.717, 1.165) is 56.6 Å². The lowest BCUT2D eigenvalue weighted by Gasteiger charge is -2.29. The predicted octanol–water partition coefficient (Wildman–Crippen LogP) is 6.21. The van der Waals surface area contributed by atoms with Gasteiger partial charge in [0, 0.05) is 13.1 Å². The first kappa shape index (κ1) is 20.5. The third kappa shape index (κ3) is 4.52. The number of phenols is 1. The van der Waals surface area contributed by atoms with Crippen molar-refractivity contribution in [2.45, 2.75) is 46.1 Å². The van der Waals surface area contributed by atoms with Crippen LogP contribution in [0.5, 0.6) is 5.75 Å². The van der Waals surface area contributed by atoms with Crippen LogP contribution in [0.4, 0.5) is 0 Å². The maximum atomic E-state index is 10.1. The molecule has 2 heterocycles. The molecular weight excluding hydrogens is 370 g/mol. The van der Waals surface area contributed by atoms with E-state index in [2.05, 4.69) is 43.0 Å². The van der Waals surface area contributed by atoms with Gasteiger partial charge < -0.3 is 9.52 Å².